The number of carbonyl (C=O) groups excluding carboxylic acids is 1. The average Bonchev–Trinajstić information content (AvgIpc) is 2.73. The van der Waals surface area contributed by atoms with E-state index in [4.69, 9.17) is 4.42 Å². The van der Waals surface area contributed by atoms with Gasteiger partial charge in [0.15, 0.2) is 0 Å². The van der Waals surface area contributed by atoms with Gasteiger partial charge in [0.1, 0.15) is 6.04 Å². The van der Waals surface area contributed by atoms with Crippen molar-refractivity contribution in [3.05, 3.63) is 5.89 Å². The maximum Gasteiger partial charge on any atom is 0.407 e. The molecule has 1 rings (SSSR count). The van der Waals surface area contributed by atoms with E-state index in [0.29, 0.717) is 18.3 Å². The third-order valence-electron chi connectivity index (χ3n) is 1.84. The lowest BCUT2D eigenvalue weighted by molar-refractivity contribution is 0.164. The molecular weight excluding hydrogens is 200 g/mol. The van der Waals surface area contributed by atoms with Crippen LogP contribution in [0.4, 0.5) is 10.8 Å². The molecule has 0 aliphatic carbocycles. The summed E-state index contributed by atoms with van der Waals surface area (Å²) >= 11 is 0. The summed E-state index contributed by atoms with van der Waals surface area (Å²) in [5, 5.41) is 12.8. The third-order valence-corrected chi connectivity index (χ3v) is 1.84. The Morgan fingerprint density at radius 3 is 2.80 bits per heavy atom. The molecule has 0 aliphatic heterocycles. The highest BCUT2D eigenvalue weighted by atomic mass is 16.5. The van der Waals surface area contributed by atoms with Crippen LogP contribution in [0.5, 0.6) is 0 Å². The molecule has 0 radical (unpaired) electrons. The molecule has 0 spiro atoms. The minimum Gasteiger partial charge on any atom is -0.453 e. The van der Waals surface area contributed by atoms with Crippen molar-refractivity contribution < 1.29 is 13.9 Å². The first kappa shape index (κ1) is 11.3. The van der Waals surface area contributed by atoms with Crippen molar-refractivity contribution in [1.29, 1.82) is 0 Å². The standard InChI is InChI=1S/C8H14N4O3/c1-4-5(10-8(13)14-3)6-11-12-7(9-2)15-6/h5H,4H2,1-3H3,(H,9,12)(H,10,13). The molecule has 1 amide bonds. The van der Waals surface area contributed by atoms with Crippen molar-refractivity contribution in [2.45, 2.75) is 19.4 Å². The van der Waals surface area contributed by atoms with Crippen LogP contribution in [0.3, 0.4) is 0 Å². The van der Waals surface area contributed by atoms with Crippen molar-refractivity contribution in [1.82, 2.24) is 15.5 Å². The van der Waals surface area contributed by atoms with Crippen molar-refractivity contribution in [3.63, 3.8) is 0 Å². The highest BCUT2D eigenvalue weighted by molar-refractivity contribution is 5.67. The second kappa shape index (κ2) is 5.18. The summed E-state index contributed by atoms with van der Waals surface area (Å²) in [7, 11) is 2.97. The van der Waals surface area contributed by atoms with Crippen LogP contribution in [0.25, 0.3) is 0 Å². The Bertz CT molecular complexity index is 325. The number of hydrogen-bond acceptors (Lipinski definition) is 6. The van der Waals surface area contributed by atoms with E-state index in [1.54, 1.807) is 7.05 Å². The van der Waals surface area contributed by atoms with E-state index in [-0.39, 0.29) is 6.04 Å². The summed E-state index contributed by atoms with van der Waals surface area (Å²) in [5.41, 5.74) is 0. The number of nitrogens with one attached hydrogen (secondary N) is 2. The highest BCUT2D eigenvalue weighted by Gasteiger charge is 2.18. The summed E-state index contributed by atoms with van der Waals surface area (Å²) in [6.07, 6.45) is 0.117. The first-order valence-electron chi connectivity index (χ1n) is 4.56. The summed E-state index contributed by atoms with van der Waals surface area (Å²) in [5.74, 6) is 0.354. The van der Waals surface area contributed by atoms with Gasteiger partial charge < -0.3 is 19.8 Å². The Morgan fingerprint density at radius 2 is 2.33 bits per heavy atom. The predicted octanol–water partition coefficient (Wildman–Crippen LogP) is 0.918. The van der Waals surface area contributed by atoms with Crippen LogP contribution in [-0.4, -0.2) is 30.4 Å². The van der Waals surface area contributed by atoms with Gasteiger partial charge in [0.05, 0.1) is 7.11 Å². The number of aromatic nitrogens is 2. The second-order valence-electron chi connectivity index (χ2n) is 2.79. The molecule has 1 unspecified atom stereocenters. The van der Waals surface area contributed by atoms with E-state index in [1.165, 1.54) is 7.11 Å². The van der Waals surface area contributed by atoms with Gasteiger partial charge in [-0.05, 0) is 6.42 Å². The lowest BCUT2D eigenvalue weighted by Crippen LogP contribution is -2.28. The molecule has 7 nitrogen and oxygen atoms in total. The van der Waals surface area contributed by atoms with Gasteiger partial charge in [-0.1, -0.05) is 12.0 Å². The number of alkyl carbamates (subject to hydrolysis) is 1. The van der Waals surface area contributed by atoms with Gasteiger partial charge in [-0.3, -0.25) is 0 Å². The maximum atomic E-state index is 11.0. The molecule has 7 heteroatoms. The van der Waals surface area contributed by atoms with Gasteiger partial charge in [-0.15, -0.1) is 5.10 Å². The normalized spacial score (nSPS) is 11.9. The quantitative estimate of drug-likeness (QED) is 0.774. The molecule has 15 heavy (non-hydrogen) atoms. The summed E-state index contributed by atoms with van der Waals surface area (Å²) in [6, 6.07) is -0.0119. The van der Waals surface area contributed by atoms with Crippen LogP contribution in [-0.2, 0) is 4.74 Å². The van der Waals surface area contributed by atoms with Crippen LogP contribution < -0.4 is 10.6 Å². The fourth-order valence-electron chi connectivity index (χ4n) is 1.02. The zero-order valence-electron chi connectivity index (χ0n) is 8.90. The number of nitrogens with zero attached hydrogens (tertiary/aromatic N) is 2. The van der Waals surface area contributed by atoms with E-state index in [2.05, 4.69) is 25.6 Å². The Labute approximate surface area is 87.2 Å². The number of rotatable bonds is 4. The van der Waals surface area contributed by atoms with E-state index >= 15 is 0 Å². The molecule has 84 valence electrons. The average molecular weight is 214 g/mol. The second-order valence-corrected chi connectivity index (χ2v) is 2.79. The van der Waals surface area contributed by atoms with Crippen molar-refractivity contribution in [3.8, 4) is 0 Å². The topological polar surface area (TPSA) is 89.3 Å². The van der Waals surface area contributed by atoms with Crippen LogP contribution in [0.15, 0.2) is 4.42 Å². The Kier molecular flexibility index (Phi) is 3.90. The Hall–Kier alpha value is -1.79. The van der Waals surface area contributed by atoms with Crippen molar-refractivity contribution in [2.24, 2.45) is 0 Å². The van der Waals surface area contributed by atoms with Crippen LogP contribution in [0.2, 0.25) is 0 Å². The van der Waals surface area contributed by atoms with Crippen molar-refractivity contribution in [2.75, 3.05) is 19.5 Å². The summed E-state index contributed by atoms with van der Waals surface area (Å²) < 4.78 is 9.71. The molecule has 0 fully saturated rings. The van der Waals surface area contributed by atoms with Gasteiger partial charge in [0, 0.05) is 7.05 Å². The van der Waals surface area contributed by atoms with Gasteiger partial charge in [-0.25, -0.2) is 4.79 Å². The smallest absolute Gasteiger partial charge is 0.407 e. The number of methoxy groups -OCH3 is 1. The van der Waals surface area contributed by atoms with Crippen LogP contribution >= 0.6 is 0 Å². The van der Waals surface area contributed by atoms with E-state index in [9.17, 15) is 4.79 Å². The highest BCUT2D eigenvalue weighted by Crippen LogP contribution is 2.16. The van der Waals surface area contributed by atoms with Gasteiger partial charge in [0.2, 0.25) is 5.89 Å². The van der Waals surface area contributed by atoms with E-state index < -0.39 is 6.09 Å². The zero-order valence-corrected chi connectivity index (χ0v) is 8.90. The molecule has 0 aromatic carbocycles. The molecule has 0 aliphatic rings. The maximum absolute atomic E-state index is 11.0. The molecule has 0 saturated heterocycles. The minimum atomic E-state index is -0.522. The number of hydrogen-bond donors (Lipinski definition) is 2. The molecule has 2 N–H and O–H groups in total. The van der Waals surface area contributed by atoms with Gasteiger partial charge in [-0.2, -0.15) is 0 Å². The number of anilines is 1. The zero-order chi connectivity index (χ0) is 11.3. The molecule has 0 bridgehead atoms. The lowest BCUT2D eigenvalue weighted by Gasteiger charge is -2.11. The molecule has 1 aromatic rings. The van der Waals surface area contributed by atoms with Crippen LogP contribution in [0, 0.1) is 0 Å². The van der Waals surface area contributed by atoms with E-state index in [1.807, 2.05) is 6.92 Å². The Morgan fingerprint density at radius 1 is 1.60 bits per heavy atom. The van der Waals surface area contributed by atoms with Gasteiger partial charge in [0.25, 0.3) is 0 Å². The largest absolute Gasteiger partial charge is 0.453 e. The number of amides is 1. The van der Waals surface area contributed by atoms with E-state index in [0.717, 1.165) is 0 Å². The van der Waals surface area contributed by atoms with Gasteiger partial charge >= 0.3 is 12.1 Å². The van der Waals surface area contributed by atoms with Crippen LogP contribution in [0.1, 0.15) is 25.3 Å². The first-order chi connectivity index (χ1) is 7.21. The summed E-state index contributed by atoms with van der Waals surface area (Å²) in [4.78, 5) is 11.0. The molecule has 1 atom stereocenters. The number of ether oxygens (including phenoxy) is 1. The fraction of sp³-hybridized carbons (Fsp3) is 0.625. The lowest BCUT2D eigenvalue weighted by atomic mass is 10.2. The summed E-state index contributed by atoms with van der Waals surface area (Å²) in [6.45, 7) is 1.89. The van der Waals surface area contributed by atoms with Crippen molar-refractivity contribution >= 4 is 12.1 Å². The fourth-order valence-corrected chi connectivity index (χ4v) is 1.02. The Balaban J connectivity index is 2.69. The first-order valence-corrected chi connectivity index (χ1v) is 4.56. The monoisotopic (exact) mass is 214 g/mol. The predicted molar refractivity (Wildman–Crippen MR) is 52.4 cm³/mol. The molecule has 0 saturated carbocycles. The third kappa shape index (κ3) is 2.83. The molecular formula is C8H14N4O3. The SMILES string of the molecule is CCC(NC(=O)OC)c1nnc(NC)o1. The molecule has 1 aromatic heterocycles. The molecule has 1 heterocycles. The minimum absolute atomic E-state index is 0.315. The number of carbonyl (C=O) groups is 1.